The molecule has 1 aliphatic rings. The molecule has 0 saturated carbocycles. The van der Waals surface area contributed by atoms with Gasteiger partial charge in [0.1, 0.15) is 17.3 Å². The quantitative estimate of drug-likeness (QED) is 0.879. The van der Waals surface area contributed by atoms with Gasteiger partial charge in [-0.05, 0) is 38.3 Å². The van der Waals surface area contributed by atoms with Gasteiger partial charge >= 0.3 is 5.97 Å². The smallest absolute Gasteiger partial charge is 0.329 e. The number of pyridine rings is 1. The number of aliphatic carboxylic acids is 1. The molecule has 2 rings (SSSR count). The lowest BCUT2D eigenvalue weighted by Crippen LogP contribution is -2.57. The van der Waals surface area contributed by atoms with E-state index in [1.807, 2.05) is 6.07 Å². The number of piperidine rings is 1. The Hall–Kier alpha value is -2.42. The molecule has 1 aliphatic heterocycles. The highest BCUT2D eigenvalue weighted by molar-refractivity contribution is 5.96. The van der Waals surface area contributed by atoms with Gasteiger partial charge in [0.25, 0.3) is 5.91 Å². The van der Waals surface area contributed by atoms with Crippen LogP contribution in [-0.4, -0.2) is 39.0 Å². The van der Waals surface area contributed by atoms with Crippen LogP contribution in [0.5, 0.6) is 0 Å². The van der Waals surface area contributed by atoms with Gasteiger partial charge < -0.3 is 10.0 Å². The maximum atomic E-state index is 12.4. The SMILES string of the molecule is CC1(C(=O)O)CCCCN1C(=O)c1ccc(C#N)cn1. The molecular weight excluding hydrogens is 258 g/mol. The van der Waals surface area contributed by atoms with Crippen LogP contribution in [0.4, 0.5) is 0 Å². The molecule has 1 unspecified atom stereocenters. The van der Waals surface area contributed by atoms with Crippen molar-refractivity contribution in [3.63, 3.8) is 0 Å². The zero-order valence-corrected chi connectivity index (χ0v) is 11.2. The van der Waals surface area contributed by atoms with E-state index in [9.17, 15) is 14.7 Å². The van der Waals surface area contributed by atoms with Gasteiger partial charge in [-0.25, -0.2) is 9.78 Å². The van der Waals surface area contributed by atoms with E-state index in [1.165, 1.54) is 23.2 Å². The first-order chi connectivity index (χ1) is 9.49. The molecule has 0 aromatic carbocycles. The minimum Gasteiger partial charge on any atom is -0.480 e. The Balaban J connectivity index is 2.30. The molecule has 1 fully saturated rings. The second kappa shape index (κ2) is 5.29. The van der Waals surface area contributed by atoms with Crippen LogP contribution in [0.25, 0.3) is 0 Å². The summed E-state index contributed by atoms with van der Waals surface area (Å²) in [4.78, 5) is 29.2. The number of carbonyl (C=O) groups excluding carboxylic acids is 1. The fraction of sp³-hybridized carbons (Fsp3) is 0.429. The van der Waals surface area contributed by atoms with Crippen LogP contribution in [0, 0.1) is 11.3 Å². The van der Waals surface area contributed by atoms with Crippen LogP contribution < -0.4 is 0 Å². The standard InChI is InChI=1S/C14H15N3O3/c1-14(13(19)20)6-2-3-7-17(14)12(18)11-5-4-10(8-15)9-16-11/h4-5,9H,2-3,6-7H2,1H3,(H,19,20). The maximum Gasteiger partial charge on any atom is 0.329 e. The average Bonchev–Trinajstić information content (AvgIpc) is 2.47. The number of hydrogen-bond donors (Lipinski definition) is 1. The third-order valence-corrected chi connectivity index (χ3v) is 3.71. The zero-order valence-electron chi connectivity index (χ0n) is 11.2. The number of likely N-dealkylation sites (tertiary alicyclic amines) is 1. The van der Waals surface area contributed by atoms with Crippen LogP contribution in [-0.2, 0) is 4.79 Å². The molecule has 0 aliphatic carbocycles. The fourth-order valence-electron chi connectivity index (χ4n) is 2.39. The topological polar surface area (TPSA) is 94.3 Å². The van der Waals surface area contributed by atoms with Crippen LogP contribution in [0.15, 0.2) is 18.3 Å². The van der Waals surface area contributed by atoms with Crippen LogP contribution in [0.3, 0.4) is 0 Å². The van der Waals surface area contributed by atoms with Gasteiger partial charge in [0.15, 0.2) is 0 Å². The number of carboxylic acids is 1. The number of rotatable bonds is 2. The average molecular weight is 273 g/mol. The number of carboxylic acid groups (broad SMARTS) is 1. The molecule has 1 amide bonds. The molecule has 1 N–H and O–H groups in total. The molecule has 1 aromatic heterocycles. The molecule has 1 aromatic rings. The Bertz CT molecular complexity index is 576. The Morgan fingerprint density at radius 2 is 2.20 bits per heavy atom. The minimum absolute atomic E-state index is 0.165. The molecule has 1 atom stereocenters. The number of aromatic nitrogens is 1. The molecular formula is C14H15N3O3. The number of amides is 1. The predicted molar refractivity (Wildman–Crippen MR) is 69.9 cm³/mol. The maximum absolute atomic E-state index is 12.4. The molecule has 0 bridgehead atoms. The molecule has 0 radical (unpaired) electrons. The number of nitriles is 1. The number of nitrogens with zero attached hydrogens (tertiary/aromatic N) is 3. The first-order valence-corrected chi connectivity index (χ1v) is 6.40. The highest BCUT2D eigenvalue weighted by atomic mass is 16.4. The predicted octanol–water partition coefficient (Wildman–Crippen LogP) is 1.42. The first-order valence-electron chi connectivity index (χ1n) is 6.40. The Morgan fingerprint density at radius 3 is 2.75 bits per heavy atom. The van der Waals surface area contributed by atoms with Crippen molar-refractivity contribution in [3.05, 3.63) is 29.6 Å². The van der Waals surface area contributed by atoms with Crippen molar-refractivity contribution in [2.75, 3.05) is 6.54 Å². The van der Waals surface area contributed by atoms with E-state index in [0.717, 1.165) is 12.8 Å². The zero-order chi connectivity index (χ0) is 14.8. The van der Waals surface area contributed by atoms with E-state index in [2.05, 4.69) is 4.98 Å². The third kappa shape index (κ3) is 2.35. The monoisotopic (exact) mass is 273 g/mol. The van der Waals surface area contributed by atoms with E-state index in [0.29, 0.717) is 18.5 Å². The Kier molecular flexibility index (Phi) is 3.70. The van der Waals surface area contributed by atoms with Crippen molar-refractivity contribution in [1.29, 1.82) is 5.26 Å². The van der Waals surface area contributed by atoms with E-state index < -0.39 is 17.4 Å². The van der Waals surface area contributed by atoms with Gasteiger partial charge in [0.2, 0.25) is 0 Å². The molecule has 0 spiro atoms. The summed E-state index contributed by atoms with van der Waals surface area (Å²) in [5, 5.41) is 18.1. The Morgan fingerprint density at radius 1 is 1.45 bits per heavy atom. The van der Waals surface area contributed by atoms with Crippen molar-refractivity contribution in [2.24, 2.45) is 0 Å². The lowest BCUT2D eigenvalue weighted by atomic mass is 9.88. The summed E-state index contributed by atoms with van der Waals surface area (Å²) in [5.41, 5.74) is -0.662. The fourth-order valence-corrected chi connectivity index (χ4v) is 2.39. The summed E-state index contributed by atoms with van der Waals surface area (Å²) in [6, 6.07) is 4.88. The summed E-state index contributed by atoms with van der Waals surface area (Å²) >= 11 is 0. The molecule has 20 heavy (non-hydrogen) atoms. The summed E-state index contributed by atoms with van der Waals surface area (Å²) in [5.74, 6) is -1.40. The first kappa shape index (κ1) is 14.0. The van der Waals surface area contributed by atoms with Crippen LogP contribution in [0.1, 0.15) is 42.2 Å². The minimum atomic E-state index is -1.19. The van der Waals surface area contributed by atoms with Crippen molar-refractivity contribution in [2.45, 2.75) is 31.7 Å². The lowest BCUT2D eigenvalue weighted by Gasteiger charge is -2.41. The summed E-state index contributed by atoms with van der Waals surface area (Å²) in [6.45, 7) is 1.97. The summed E-state index contributed by atoms with van der Waals surface area (Å²) < 4.78 is 0. The van der Waals surface area contributed by atoms with Crippen LogP contribution in [0.2, 0.25) is 0 Å². The lowest BCUT2D eigenvalue weighted by molar-refractivity contribution is -0.150. The highest BCUT2D eigenvalue weighted by Crippen LogP contribution is 2.29. The number of hydrogen-bond acceptors (Lipinski definition) is 4. The van der Waals surface area contributed by atoms with E-state index >= 15 is 0 Å². The molecule has 6 nitrogen and oxygen atoms in total. The van der Waals surface area contributed by atoms with Gasteiger partial charge in [-0.15, -0.1) is 0 Å². The van der Waals surface area contributed by atoms with Gasteiger partial charge in [-0.3, -0.25) is 4.79 Å². The van der Waals surface area contributed by atoms with Gasteiger partial charge in [-0.1, -0.05) is 0 Å². The summed E-state index contributed by atoms with van der Waals surface area (Å²) in [6.07, 6.45) is 3.32. The van der Waals surface area contributed by atoms with Crippen molar-refractivity contribution < 1.29 is 14.7 Å². The molecule has 2 heterocycles. The van der Waals surface area contributed by atoms with E-state index in [4.69, 9.17) is 5.26 Å². The van der Waals surface area contributed by atoms with Crippen molar-refractivity contribution in [1.82, 2.24) is 9.88 Å². The largest absolute Gasteiger partial charge is 0.480 e. The normalized spacial score (nSPS) is 22.1. The molecule has 1 saturated heterocycles. The molecule has 6 heteroatoms. The van der Waals surface area contributed by atoms with E-state index in [-0.39, 0.29) is 5.69 Å². The second-order valence-electron chi connectivity index (χ2n) is 5.04. The third-order valence-electron chi connectivity index (χ3n) is 3.71. The van der Waals surface area contributed by atoms with Crippen molar-refractivity contribution in [3.8, 4) is 6.07 Å². The Labute approximate surface area is 116 Å². The highest BCUT2D eigenvalue weighted by Gasteiger charge is 2.44. The van der Waals surface area contributed by atoms with Crippen LogP contribution >= 0.6 is 0 Å². The van der Waals surface area contributed by atoms with Gasteiger partial charge in [0.05, 0.1) is 5.56 Å². The van der Waals surface area contributed by atoms with Crippen molar-refractivity contribution >= 4 is 11.9 Å². The molecule has 104 valence electrons. The second-order valence-corrected chi connectivity index (χ2v) is 5.04. The van der Waals surface area contributed by atoms with Gasteiger partial charge in [-0.2, -0.15) is 5.26 Å². The van der Waals surface area contributed by atoms with E-state index in [1.54, 1.807) is 6.92 Å². The number of carbonyl (C=O) groups is 2. The van der Waals surface area contributed by atoms with Gasteiger partial charge in [0, 0.05) is 12.7 Å². The summed E-state index contributed by atoms with van der Waals surface area (Å²) in [7, 11) is 0.